The molecule has 4 nitrogen and oxygen atoms in total. The van der Waals surface area contributed by atoms with Gasteiger partial charge in [0.25, 0.3) is 5.56 Å². The number of aromatic nitrogens is 2. The van der Waals surface area contributed by atoms with Crippen molar-refractivity contribution in [2.45, 2.75) is 50.1 Å². The molecule has 1 aromatic heterocycles. The lowest BCUT2D eigenvalue weighted by Gasteiger charge is -2.25. The molecule has 0 radical (unpaired) electrons. The zero-order valence-electron chi connectivity index (χ0n) is 12.0. The Kier molecular flexibility index (Phi) is 4.78. The number of rotatable bonds is 4. The maximum absolute atomic E-state index is 12.0. The molecule has 3 rings (SSSR count). The topological polar surface area (TPSA) is 49.0 Å². The first-order valence-corrected chi connectivity index (χ1v) is 8.79. The molecular weight excluding hydrogens is 270 g/mol. The summed E-state index contributed by atoms with van der Waals surface area (Å²) >= 11 is 1.69. The van der Waals surface area contributed by atoms with Crippen LogP contribution in [0.25, 0.3) is 0 Å². The highest BCUT2D eigenvalue weighted by Gasteiger charge is 2.16. The zero-order valence-corrected chi connectivity index (χ0v) is 12.8. The van der Waals surface area contributed by atoms with Gasteiger partial charge in [-0.3, -0.25) is 4.79 Å². The van der Waals surface area contributed by atoms with Crippen molar-refractivity contribution >= 4 is 11.8 Å². The van der Waals surface area contributed by atoms with Gasteiger partial charge in [-0.15, -0.1) is 0 Å². The van der Waals surface area contributed by atoms with E-state index < -0.39 is 0 Å². The average Bonchev–Trinajstić information content (AvgIpc) is 2.48. The third-order valence-electron chi connectivity index (χ3n) is 4.26. The van der Waals surface area contributed by atoms with Crippen LogP contribution in [-0.2, 0) is 12.8 Å². The molecule has 1 aliphatic heterocycles. The fourth-order valence-electron chi connectivity index (χ4n) is 3.10. The van der Waals surface area contributed by atoms with Gasteiger partial charge in [0.05, 0.1) is 5.69 Å². The molecule has 1 aliphatic carbocycles. The Morgan fingerprint density at radius 3 is 2.75 bits per heavy atom. The Morgan fingerprint density at radius 1 is 1.10 bits per heavy atom. The van der Waals surface area contributed by atoms with Gasteiger partial charge in [-0.2, -0.15) is 0 Å². The van der Waals surface area contributed by atoms with Crippen LogP contribution in [0.1, 0.15) is 43.4 Å². The van der Waals surface area contributed by atoms with Crippen LogP contribution < -0.4 is 5.56 Å². The summed E-state index contributed by atoms with van der Waals surface area (Å²) in [5.41, 5.74) is 2.06. The van der Waals surface area contributed by atoms with E-state index in [0.717, 1.165) is 48.0 Å². The smallest absolute Gasteiger partial charge is 0.254 e. The molecule has 1 N–H and O–H groups in total. The van der Waals surface area contributed by atoms with Crippen molar-refractivity contribution in [1.82, 2.24) is 14.9 Å². The van der Waals surface area contributed by atoms with Gasteiger partial charge in [0, 0.05) is 17.9 Å². The van der Waals surface area contributed by atoms with Crippen molar-refractivity contribution in [2.24, 2.45) is 0 Å². The SMILES string of the molecule is O=c1[nH]c(SCCN2CCCCC2)nc2c1CCCC2. The molecule has 0 spiro atoms. The van der Waals surface area contributed by atoms with E-state index in [1.54, 1.807) is 11.8 Å². The predicted octanol–water partition coefficient (Wildman–Crippen LogP) is 2.23. The minimum Gasteiger partial charge on any atom is -0.303 e. The summed E-state index contributed by atoms with van der Waals surface area (Å²) in [5, 5.41) is 0.813. The molecular formula is C15H23N3OS. The summed E-state index contributed by atoms with van der Waals surface area (Å²) < 4.78 is 0. The monoisotopic (exact) mass is 293 g/mol. The number of nitrogens with zero attached hydrogens (tertiary/aromatic N) is 2. The lowest BCUT2D eigenvalue weighted by molar-refractivity contribution is 0.242. The van der Waals surface area contributed by atoms with E-state index in [1.807, 2.05) is 0 Å². The Balaban J connectivity index is 1.57. The molecule has 0 aromatic carbocycles. The van der Waals surface area contributed by atoms with Crippen LogP contribution in [0.2, 0.25) is 0 Å². The Hall–Kier alpha value is -0.810. The quantitative estimate of drug-likeness (QED) is 0.683. The van der Waals surface area contributed by atoms with Crippen molar-refractivity contribution in [3.05, 3.63) is 21.6 Å². The Morgan fingerprint density at radius 2 is 1.90 bits per heavy atom. The number of likely N-dealkylation sites (tertiary alicyclic amines) is 1. The summed E-state index contributed by atoms with van der Waals surface area (Å²) in [6.45, 7) is 3.56. The lowest BCUT2D eigenvalue weighted by atomic mass is 9.97. The van der Waals surface area contributed by atoms with Crippen LogP contribution in [0.5, 0.6) is 0 Å². The van der Waals surface area contributed by atoms with Gasteiger partial charge in [0.2, 0.25) is 0 Å². The second-order valence-corrected chi connectivity index (χ2v) is 6.84. The molecule has 0 unspecified atom stereocenters. The number of H-pyrrole nitrogens is 1. The standard InChI is InChI=1S/C15H23N3OS/c19-14-12-6-2-3-7-13(12)16-15(17-14)20-11-10-18-8-4-1-5-9-18/h1-11H2,(H,16,17,19). The van der Waals surface area contributed by atoms with Gasteiger partial charge < -0.3 is 9.88 Å². The zero-order chi connectivity index (χ0) is 13.8. The van der Waals surface area contributed by atoms with E-state index in [2.05, 4.69) is 14.9 Å². The molecule has 2 aliphatic rings. The Labute approximate surface area is 124 Å². The van der Waals surface area contributed by atoms with Crippen molar-refractivity contribution < 1.29 is 0 Å². The number of piperidine rings is 1. The number of aryl methyl sites for hydroxylation is 1. The molecule has 0 saturated carbocycles. The van der Waals surface area contributed by atoms with Crippen molar-refractivity contribution in [1.29, 1.82) is 0 Å². The first-order chi connectivity index (χ1) is 9.83. The van der Waals surface area contributed by atoms with Crippen molar-refractivity contribution in [3.63, 3.8) is 0 Å². The van der Waals surface area contributed by atoms with E-state index in [4.69, 9.17) is 0 Å². The minimum absolute atomic E-state index is 0.0928. The van der Waals surface area contributed by atoms with Crippen LogP contribution >= 0.6 is 11.8 Å². The minimum atomic E-state index is 0.0928. The average molecular weight is 293 g/mol. The lowest BCUT2D eigenvalue weighted by Crippen LogP contribution is -2.31. The highest BCUT2D eigenvalue weighted by atomic mass is 32.2. The molecule has 0 amide bonds. The maximum Gasteiger partial charge on any atom is 0.254 e. The van der Waals surface area contributed by atoms with Crippen molar-refractivity contribution in [3.8, 4) is 0 Å². The highest BCUT2D eigenvalue weighted by molar-refractivity contribution is 7.99. The maximum atomic E-state index is 12.0. The number of fused-ring (bicyclic) bond motifs is 1. The first-order valence-electron chi connectivity index (χ1n) is 7.80. The predicted molar refractivity (Wildman–Crippen MR) is 82.5 cm³/mol. The van der Waals surface area contributed by atoms with Crippen LogP contribution in [0.3, 0.4) is 0 Å². The number of hydrogen-bond donors (Lipinski definition) is 1. The molecule has 110 valence electrons. The first kappa shape index (κ1) is 14.1. The van der Waals surface area contributed by atoms with E-state index >= 15 is 0 Å². The van der Waals surface area contributed by atoms with E-state index in [1.165, 1.54) is 38.8 Å². The van der Waals surface area contributed by atoms with Gasteiger partial charge in [0.1, 0.15) is 0 Å². The number of aromatic amines is 1. The normalized spacial score (nSPS) is 19.8. The third kappa shape index (κ3) is 3.44. The van der Waals surface area contributed by atoms with E-state index in [-0.39, 0.29) is 5.56 Å². The molecule has 0 atom stereocenters. The van der Waals surface area contributed by atoms with Crippen LogP contribution in [0.15, 0.2) is 9.95 Å². The van der Waals surface area contributed by atoms with Crippen LogP contribution in [0.4, 0.5) is 0 Å². The summed E-state index contributed by atoms with van der Waals surface area (Å²) in [6, 6.07) is 0. The van der Waals surface area contributed by atoms with Gasteiger partial charge in [-0.1, -0.05) is 18.2 Å². The second-order valence-electron chi connectivity index (χ2n) is 5.75. The molecule has 1 aromatic rings. The molecule has 2 heterocycles. The molecule has 20 heavy (non-hydrogen) atoms. The van der Waals surface area contributed by atoms with Crippen molar-refractivity contribution in [2.75, 3.05) is 25.4 Å². The summed E-state index contributed by atoms with van der Waals surface area (Å²) in [5.74, 6) is 1.02. The van der Waals surface area contributed by atoms with Crippen LogP contribution in [0, 0.1) is 0 Å². The molecule has 1 saturated heterocycles. The van der Waals surface area contributed by atoms with E-state index in [9.17, 15) is 4.79 Å². The number of thioether (sulfide) groups is 1. The largest absolute Gasteiger partial charge is 0.303 e. The van der Waals surface area contributed by atoms with Gasteiger partial charge in [0.15, 0.2) is 5.16 Å². The number of nitrogens with one attached hydrogen (secondary N) is 1. The van der Waals surface area contributed by atoms with Gasteiger partial charge >= 0.3 is 0 Å². The Bertz CT molecular complexity index is 508. The molecule has 5 heteroatoms. The summed E-state index contributed by atoms with van der Waals surface area (Å²) in [6.07, 6.45) is 8.20. The highest BCUT2D eigenvalue weighted by Crippen LogP contribution is 2.19. The number of hydrogen-bond acceptors (Lipinski definition) is 4. The fourth-order valence-corrected chi connectivity index (χ4v) is 3.99. The van der Waals surface area contributed by atoms with Crippen LogP contribution in [-0.4, -0.2) is 40.3 Å². The van der Waals surface area contributed by atoms with Gasteiger partial charge in [-0.25, -0.2) is 4.98 Å². The van der Waals surface area contributed by atoms with E-state index in [0.29, 0.717) is 0 Å². The second kappa shape index (κ2) is 6.76. The third-order valence-corrected chi connectivity index (χ3v) is 5.12. The summed E-state index contributed by atoms with van der Waals surface area (Å²) in [4.78, 5) is 22.1. The molecule has 1 fully saturated rings. The molecule has 0 bridgehead atoms. The summed E-state index contributed by atoms with van der Waals surface area (Å²) in [7, 11) is 0. The fraction of sp³-hybridized carbons (Fsp3) is 0.733. The van der Waals surface area contributed by atoms with Gasteiger partial charge in [-0.05, 0) is 51.6 Å².